The highest BCUT2D eigenvalue weighted by Gasteiger charge is 2.17. The van der Waals surface area contributed by atoms with E-state index in [0.29, 0.717) is 0 Å². The molecule has 0 fully saturated rings. The molecule has 1 heterocycles. The second-order valence-electron chi connectivity index (χ2n) is 9.36. The van der Waals surface area contributed by atoms with Crippen LogP contribution in [-0.4, -0.2) is 4.57 Å². The molecule has 7 aromatic carbocycles. The molecule has 1 aromatic heterocycles. The minimum absolute atomic E-state index is 1.23. The van der Waals surface area contributed by atoms with Crippen molar-refractivity contribution in [1.82, 2.24) is 4.57 Å². The lowest BCUT2D eigenvalue weighted by Gasteiger charge is -2.18. The van der Waals surface area contributed by atoms with Gasteiger partial charge in [0, 0.05) is 16.2 Å². The molecule has 0 atom stereocenters. The molecule has 0 unspecified atom stereocenters. The Morgan fingerprint density at radius 1 is 0.371 bits per heavy atom. The minimum Gasteiger partial charge on any atom is -0.309 e. The summed E-state index contributed by atoms with van der Waals surface area (Å²) in [6.07, 6.45) is 0. The molecule has 0 aliphatic rings. The summed E-state index contributed by atoms with van der Waals surface area (Å²) in [4.78, 5) is 0. The van der Waals surface area contributed by atoms with E-state index in [0.717, 1.165) is 0 Å². The molecule has 0 spiro atoms. The largest absolute Gasteiger partial charge is 0.309 e. The second-order valence-corrected chi connectivity index (χ2v) is 9.36. The Morgan fingerprint density at radius 3 is 1.63 bits per heavy atom. The number of rotatable bonds is 2. The van der Waals surface area contributed by atoms with E-state index in [-0.39, 0.29) is 0 Å². The molecule has 0 bridgehead atoms. The number of nitrogens with zero attached hydrogens (tertiary/aromatic N) is 1. The first-order chi connectivity index (χ1) is 17.4. The molecule has 35 heavy (non-hydrogen) atoms. The molecule has 0 saturated heterocycles. The molecule has 0 N–H and O–H groups in total. The topological polar surface area (TPSA) is 4.93 Å². The van der Waals surface area contributed by atoms with Gasteiger partial charge in [-0.25, -0.2) is 0 Å². The van der Waals surface area contributed by atoms with Gasteiger partial charge in [-0.05, 0) is 56.3 Å². The highest BCUT2D eigenvalue weighted by molar-refractivity contribution is 6.27. The predicted molar refractivity (Wildman–Crippen MR) is 150 cm³/mol. The third kappa shape index (κ3) is 2.53. The second kappa shape index (κ2) is 6.94. The average molecular weight is 444 g/mol. The van der Waals surface area contributed by atoms with Crippen molar-refractivity contribution in [2.45, 2.75) is 0 Å². The van der Waals surface area contributed by atoms with E-state index in [2.05, 4.69) is 132 Å². The third-order valence-corrected chi connectivity index (χ3v) is 7.55. The number of fused-ring (bicyclic) bond motifs is 3. The summed E-state index contributed by atoms with van der Waals surface area (Å²) >= 11 is 0. The summed E-state index contributed by atoms with van der Waals surface area (Å²) in [6.45, 7) is 0. The normalized spacial score (nSPS) is 12.0. The van der Waals surface area contributed by atoms with Crippen LogP contribution >= 0.6 is 0 Å². The van der Waals surface area contributed by atoms with Crippen molar-refractivity contribution >= 4 is 54.1 Å². The number of hydrogen-bond donors (Lipinski definition) is 0. The molecule has 162 valence electrons. The van der Waals surface area contributed by atoms with Gasteiger partial charge >= 0.3 is 0 Å². The van der Waals surface area contributed by atoms with Crippen LogP contribution < -0.4 is 0 Å². The highest BCUT2D eigenvalue weighted by atomic mass is 15.0. The van der Waals surface area contributed by atoms with E-state index >= 15 is 0 Å². The maximum absolute atomic E-state index is 2.44. The fraction of sp³-hybridized carbons (Fsp3) is 0. The SMILES string of the molecule is c1ccc(-c2ccc3ccc4ccc(-n5c6ccccc6c6ccccc65)c5ccc2c3c45)cc1. The average Bonchev–Trinajstić information content (AvgIpc) is 3.26. The van der Waals surface area contributed by atoms with Gasteiger partial charge in [-0.3, -0.25) is 0 Å². The summed E-state index contributed by atoms with van der Waals surface area (Å²) in [5.41, 5.74) is 6.26. The standard InChI is InChI=1S/C34H21N/c1-2-8-22(9-3-1)25-18-16-23-14-15-24-17-21-32(29-20-19-28(25)33(23)34(24)29)35-30-12-6-4-10-26(30)27-11-5-7-13-31(27)35/h1-21H. The van der Waals surface area contributed by atoms with E-state index in [1.807, 2.05) is 0 Å². The maximum atomic E-state index is 2.44. The van der Waals surface area contributed by atoms with E-state index in [9.17, 15) is 0 Å². The Kier molecular flexibility index (Phi) is 3.72. The van der Waals surface area contributed by atoms with Crippen LogP contribution in [0.2, 0.25) is 0 Å². The molecule has 8 aromatic rings. The van der Waals surface area contributed by atoms with Crippen LogP contribution in [0, 0.1) is 0 Å². The van der Waals surface area contributed by atoms with Crippen LogP contribution in [0.15, 0.2) is 127 Å². The van der Waals surface area contributed by atoms with E-state index < -0.39 is 0 Å². The number of benzene rings is 7. The Hall–Kier alpha value is -4.62. The maximum Gasteiger partial charge on any atom is 0.0541 e. The smallest absolute Gasteiger partial charge is 0.0541 e. The van der Waals surface area contributed by atoms with Gasteiger partial charge in [-0.15, -0.1) is 0 Å². The first-order valence-corrected chi connectivity index (χ1v) is 12.1. The monoisotopic (exact) mass is 443 g/mol. The number of para-hydroxylation sites is 2. The van der Waals surface area contributed by atoms with Crippen LogP contribution in [0.1, 0.15) is 0 Å². The molecular formula is C34H21N. The Bertz CT molecular complexity index is 1990. The Morgan fingerprint density at radius 2 is 0.914 bits per heavy atom. The zero-order chi connectivity index (χ0) is 22.9. The van der Waals surface area contributed by atoms with Gasteiger partial charge in [0.05, 0.1) is 16.7 Å². The van der Waals surface area contributed by atoms with Gasteiger partial charge in [0.2, 0.25) is 0 Å². The highest BCUT2D eigenvalue weighted by Crippen LogP contribution is 2.42. The van der Waals surface area contributed by atoms with Gasteiger partial charge in [0.15, 0.2) is 0 Å². The predicted octanol–water partition coefficient (Wildman–Crippen LogP) is 9.35. The first-order valence-electron chi connectivity index (χ1n) is 12.1. The van der Waals surface area contributed by atoms with E-state index in [1.54, 1.807) is 0 Å². The summed E-state index contributed by atoms with van der Waals surface area (Å²) in [5, 5.41) is 10.5. The summed E-state index contributed by atoms with van der Waals surface area (Å²) in [5.74, 6) is 0. The summed E-state index contributed by atoms with van der Waals surface area (Å²) < 4.78 is 2.44. The molecule has 1 nitrogen and oxygen atoms in total. The zero-order valence-corrected chi connectivity index (χ0v) is 19.1. The Balaban J connectivity index is 1.54. The van der Waals surface area contributed by atoms with Crippen LogP contribution in [0.5, 0.6) is 0 Å². The van der Waals surface area contributed by atoms with Crippen molar-refractivity contribution in [3.63, 3.8) is 0 Å². The molecule has 1 heteroatoms. The lowest BCUT2D eigenvalue weighted by molar-refractivity contribution is 1.20. The first kappa shape index (κ1) is 18.8. The molecule has 0 aliphatic heterocycles. The quantitative estimate of drug-likeness (QED) is 0.235. The van der Waals surface area contributed by atoms with Crippen molar-refractivity contribution in [1.29, 1.82) is 0 Å². The molecular weight excluding hydrogens is 422 g/mol. The molecule has 0 saturated carbocycles. The van der Waals surface area contributed by atoms with Crippen molar-refractivity contribution in [2.24, 2.45) is 0 Å². The molecule has 0 amide bonds. The van der Waals surface area contributed by atoms with Crippen molar-refractivity contribution < 1.29 is 0 Å². The zero-order valence-electron chi connectivity index (χ0n) is 19.1. The fourth-order valence-corrected chi connectivity index (χ4v) is 6.03. The molecule has 0 radical (unpaired) electrons. The number of hydrogen-bond acceptors (Lipinski definition) is 0. The van der Waals surface area contributed by atoms with Crippen molar-refractivity contribution in [3.05, 3.63) is 127 Å². The van der Waals surface area contributed by atoms with Crippen molar-refractivity contribution in [2.75, 3.05) is 0 Å². The van der Waals surface area contributed by atoms with Gasteiger partial charge in [-0.1, -0.05) is 109 Å². The molecule has 8 rings (SSSR count). The summed E-state index contributed by atoms with van der Waals surface area (Å²) in [6, 6.07) is 46.5. The Labute approximate surface area is 202 Å². The lowest BCUT2D eigenvalue weighted by Crippen LogP contribution is -1.96. The van der Waals surface area contributed by atoms with Gasteiger partial charge in [0.25, 0.3) is 0 Å². The van der Waals surface area contributed by atoms with Crippen LogP contribution in [-0.2, 0) is 0 Å². The van der Waals surface area contributed by atoms with E-state index in [1.165, 1.54) is 70.9 Å². The van der Waals surface area contributed by atoms with E-state index in [4.69, 9.17) is 0 Å². The summed E-state index contributed by atoms with van der Waals surface area (Å²) in [7, 11) is 0. The van der Waals surface area contributed by atoms with Gasteiger partial charge in [0.1, 0.15) is 0 Å². The van der Waals surface area contributed by atoms with Crippen LogP contribution in [0.25, 0.3) is 70.9 Å². The van der Waals surface area contributed by atoms with Gasteiger partial charge < -0.3 is 4.57 Å². The number of aromatic nitrogens is 1. The van der Waals surface area contributed by atoms with Crippen molar-refractivity contribution in [3.8, 4) is 16.8 Å². The van der Waals surface area contributed by atoms with Gasteiger partial charge in [-0.2, -0.15) is 0 Å². The minimum atomic E-state index is 1.23. The fourth-order valence-electron chi connectivity index (χ4n) is 6.03. The molecule has 0 aliphatic carbocycles. The van der Waals surface area contributed by atoms with Crippen LogP contribution in [0.3, 0.4) is 0 Å². The lowest BCUT2D eigenvalue weighted by atomic mass is 9.89. The third-order valence-electron chi connectivity index (χ3n) is 7.55. The van der Waals surface area contributed by atoms with Crippen LogP contribution in [0.4, 0.5) is 0 Å².